The number of hydrogen-bond acceptors (Lipinski definition) is 4. The van der Waals surface area contributed by atoms with Gasteiger partial charge in [-0.15, -0.1) is 0 Å². The highest BCUT2D eigenvalue weighted by atomic mass is 35.6. The van der Waals surface area contributed by atoms with Crippen LogP contribution in [0, 0.1) is 17.0 Å². The van der Waals surface area contributed by atoms with Gasteiger partial charge in [0.2, 0.25) is 3.79 Å². The number of benzene rings is 2. The maximum atomic E-state index is 12.4. The number of nitro benzene ring substituents is 1. The van der Waals surface area contributed by atoms with Crippen molar-refractivity contribution >= 4 is 69.4 Å². The number of hydrogen-bond donors (Lipinski definition) is 3. The molecule has 2 aromatic carbocycles. The lowest BCUT2D eigenvalue weighted by molar-refractivity contribution is -0.383. The number of amides is 1. The topological polar surface area (TPSA) is 96.3 Å². The molecule has 3 N–H and O–H groups in total. The molecule has 0 heterocycles. The van der Waals surface area contributed by atoms with Gasteiger partial charge in [0.1, 0.15) is 11.9 Å². The van der Waals surface area contributed by atoms with Gasteiger partial charge < -0.3 is 16.0 Å². The van der Waals surface area contributed by atoms with Gasteiger partial charge in [-0.25, -0.2) is 0 Å². The molecule has 1 amide bonds. The first-order chi connectivity index (χ1) is 13.1. The molecule has 0 aliphatic carbocycles. The van der Waals surface area contributed by atoms with E-state index in [4.69, 9.17) is 47.0 Å². The Hall–Kier alpha value is -2.13. The van der Waals surface area contributed by atoms with Crippen molar-refractivity contribution in [3.63, 3.8) is 0 Å². The first kappa shape index (κ1) is 22.2. The normalized spacial score (nSPS) is 12.0. The number of para-hydroxylation sites is 2. The van der Waals surface area contributed by atoms with Crippen molar-refractivity contribution < 1.29 is 9.72 Å². The lowest BCUT2D eigenvalue weighted by Gasteiger charge is -2.27. The van der Waals surface area contributed by atoms with E-state index in [0.717, 1.165) is 5.56 Å². The maximum Gasteiger partial charge on any atom is 0.292 e. The van der Waals surface area contributed by atoms with Crippen LogP contribution in [0.1, 0.15) is 15.9 Å². The van der Waals surface area contributed by atoms with Crippen LogP contribution in [-0.4, -0.2) is 25.9 Å². The van der Waals surface area contributed by atoms with Gasteiger partial charge in [-0.2, -0.15) is 0 Å². The standard InChI is InChI=1S/C17H15Cl3N4O3S/c1-10-6-8-11(9-7-10)14(25)22-15(17(18,19)20)23-16(28)21-12-4-2-3-5-13(12)24(26)27/h2-9,15H,1H3,(H,22,25)(H2,21,23,28)/t15-/m1/s1. The second-order valence-corrected chi connectivity index (χ2v) is 8.46. The average molecular weight is 462 g/mol. The quantitative estimate of drug-likeness (QED) is 0.202. The number of anilines is 1. The minimum absolute atomic E-state index is 0.0742. The van der Waals surface area contributed by atoms with Crippen molar-refractivity contribution in [1.29, 1.82) is 0 Å². The van der Waals surface area contributed by atoms with Gasteiger partial charge in [0, 0.05) is 11.6 Å². The number of carbonyl (C=O) groups excluding carboxylic acids is 1. The number of nitro groups is 1. The molecule has 0 spiro atoms. The van der Waals surface area contributed by atoms with Gasteiger partial charge in [0.15, 0.2) is 5.11 Å². The Morgan fingerprint density at radius 2 is 1.71 bits per heavy atom. The molecule has 2 rings (SSSR count). The van der Waals surface area contributed by atoms with Crippen molar-refractivity contribution in [3.8, 4) is 0 Å². The van der Waals surface area contributed by atoms with E-state index in [1.165, 1.54) is 18.2 Å². The Kier molecular flexibility index (Phi) is 7.42. The van der Waals surface area contributed by atoms with E-state index < -0.39 is 20.8 Å². The molecule has 11 heteroatoms. The smallest absolute Gasteiger partial charge is 0.292 e. The maximum absolute atomic E-state index is 12.4. The first-order valence-corrected chi connectivity index (χ1v) is 9.37. The molecule has 2 aromatic rings. The minimum Gasteiger partial charge on any atom is -0.339 e. The van der Waals surface area contributed by atoms with Gasteiger partial charge >= 0.3 is 0 Å². The zero-order valence-electron chi connectivity index (χ0n) is 14.4. The molecule has 0 unspecified atom stereocenters. The van der Waals surface area contributed by atoms with Crippen LogP contribution in [0.2, 0.25) is 0 Å². The van der Waals surface area contributed by atoms with E-state index in [1.807, 2.05) is 6.92 Å². The van der Waals surface area contributed by atoms with Crippen LogP contribution in [0.4, 0.5) is 11.4 Å². The number of carbonyl (C=O) groups is 1. The lowest BCUT2D eigenvalue weighted by atomic mass is 10.1. The fraction of sp³-hybridized carbons (Fsp3) is 0.176. The summed E-state index contributed by atoms with van der Waals surface area (Å²) in [6.45, 7) is 1.89. The van der Waals surface area contributed by atoms with Gasteiger partial charge in [-0.05, 0) is 37.3 Å². The lowest BCUT2D eigenvalue weighted by Crippen LogP contribution is -2.56. The molecule has 7 nitrogen and oxygen atoms in total. The Morgan fingerprint density at radius 3 is 2.29 bits per heavy atom. The zero-order chi connectivity index (χ0) is 20.9. The van der Waals surface area contributed by atoms with Crippen LogP contribution >= 0.6 is 47.0 Å². The molecule has 0 radical (unpaired) electrons. The molecule has 148 valence electrons. The Balaban J connectivity index is 2.12. The van der Waals surface area contributed by atoms with E-state index in [1.54, 1.807) is 30.3 Å². The third-order valence-corrected chi connectivity index (χ3v) is 4.42. The van der Waals surface area contributed by atoms with Crippen molar-refractivity contribution in [2.75, 3.05) is 5.32 Å². The van der Waals surface area contributed by atoms with E-state index in [0.29, 0.717) is 5.56 Å². The molecule has 0 fully saturated rings. The molecular weight excluding hydrogens is 447 g/mol. The summed E-state index contributed by atoms with van der Waals surface area (Å²) in [5, 5.41) is 18.9. The number of halogens is 3. The van der Waals surface area contributed by atoms with Gasteiger partial charge in [-0.3, -0.25) is 14.9 Å². The number of alkyl halides is 3. The van der Waals surface area contributed by atoms with Crippen molar-refractivity contribution in [2.24, 2.45) is 0 Å². The molecule has 0 bridgehead atoms. The predicted molar refractivity (Wildman–Crippen MR) is 115 cm³/mol. The van der Waals surface area contributed by atoms with E-state index in [-0.39, 0.29) is 16.5 Å². The summed E-state index contributed by atoms with van der Waals surface area (Å²) in [4.78, 5) is 22.9. The zero-order valence-corrected chi connectivity index (χ0v) is 17.5. The molecule has 1 atom stereocenters. The highest BCUT2D eigenvalue weighted by Gasteiger charge is 2.35. The fourth-order valence-corrected chi connectivity index (χ4v) is 2.70. The highest BCUT2D eigenvalue weighted by Crippen LogP contribution is 2.30. The van der Waals surface area contributed by atoms with Crippen molar-refractivity contribution in [2.45, 2.75) is 16.9 Å². The second kappa shape index (κ2) is 9.38. The summed E-state index contributed by atoms with van der Waals surface area (Å²) in [7, 11) is 0. The summed E-state index contributed by atoms with van der Waals surface area (Å²) in [5.41, 5.74) is 1.32. The van der Waals surface area contributed by atoms with Gasteiger partial charge in [0.05, 0.1) is 4.92 Å². The molecule has 0 aliphatic heterocycles. The van der Waals surface area contributed by atoms with Gasteiger partial charge in [-0.1, -0.05) is 64.6 Å². The number of nitrogens with zero attached hydrogens (tertiary/aromatic N) is 1. The van der Waals surface area contributed by atoms with Crippen molar-refractivity contribution in [1.82, 2.24) is 10.6 Å². The number of rotatable bonds is 5. The van der Waals surface area contributed by atoms with Crippen LogP contribution in [0.15, 0.2) is 48.5 Å². The first-order valence-electron chi connectivity index (χ1n) is 7.83. The van der Waals surface area contributed by atoms with Crippen molar-refractivity contribution in [3.05, 3.63) is 69.8 Å². The Bertz CT molecular complexity index is 888. The average Bonchev–Trinajstić information content (AvgIpc) is 2.61. The fourth-order valence-electron chi connectivity index (χ4n) is 2.15. The monoisotopic (exact) mass is 460 g/mol. The summed E-state index contributed by atoms with van der Waals surface area (Å²) >= 11 is 23.0. The third-order valence-electron chi connectivity index (χ3n) is 3.54. The van der Waals surface area contributed by atoms with Crippen LogP contribution in [0.3, 0.4) is 0 Å². The largest absolute Gasteiger partial charge is 0.339 e. The summed E-state index contributed by atoms with van der Waals surface area (Å²) in [5.74, 6) is -0.489. The number of nitrogens with one attached hydrogen (secondary N) is 3. The van der Waals surface area contributed by atoms with Crippen LogP contribution in [0.5, 0.6) is 0 Å². The Labute approximate surface area is 181 Å². The van der Waals surface area contributed by atoms with Crippen LogP contribution in [0.25, 0.3) is 0 Å². The molecule has 28 heavy (non-hydrogen) atoms. The molecular formula is C17H15Cl3N4O3S. The van der Waals surface area contributed by atoms with Gasteiger partial charge in [0.25, 0.3) is 11.6 Å². The number of thiocarbonyl (C=S) groups is 1. The SMILES string of the molecule is Cc1ccc(C(=O)N[C@H](NC(=S)Nc2ccccc2[N+](=O)[O-])C(Cl)(Cl)Cl)cc1. The van der Waals surface area contributed by atoms with E-state index in [9.17, 15) is 14.9 Å². The van der Waals surface area contributed by atoms with E-state index in [2.05, 4.69) is 16.0 Å². The molecule has 0 aliphatic rings. The second-order valence-electron chi connectivity index (χ2n) is 5.69. The molecule has 0 saturated heterocycles. The minimum atomic E-state index is -1.95. The summed E-state index contributed by atoms with van der Waals surface area (Å²) < 4.78 is -1.95. The Morgan fingerprint density at radius 1 is 1.11 bits per heavy atom. The van der Waals surface area contributed by atoms with Crippen LogP contribution < -0.4 is 16.0 Å². The number of aryl methyl sites for hydroxylation is 1. The predicted octanol–water partition coefficient (Wildman–Crippen LogP) is 4.32. The summed E-state index contributed by atoms with van der Waals surface area (Å²) in [6.07, 6.45) is -1.20. The molecule has 0 saturated carbocycles. The van der Waals surface area contributed by atoms with E-state index >= 15 is 0 Å². The highest BCUT2D eigenvalue weighted by molar-refractivity contribution is 7.80. The third kappa shape index (κ3) is 6.20. The summed E-state index contributed by atoms with van der Waals surface area (Å²) in [6, 6.07) is 12.7. The molecule has 0 aromatic heterocycles. The van der Waals surface area contributed by atoms with Crippen LogP contribution in [-0.2, 0) is 0 Å².